The molecule has 0 radical (unpaired) electrons. The second kappa shape index (κ2) is 26.2. The number of ether oxygens (including phenoxy) is 2. The monoisotopic (exact) mass is 416 g/mol. The summed E-state index contributed by atoms with van der Waals surface area (Å²) in [4.78, 5) is 0. The zero-order chi connectivity index (χ0) is 18.5. The van der Waals surface area contributed by atoms with Crippen LogP contribution in [0, 0.1) is 13.8 Å². The number of hydrogen-bond acceptors (Lipinski definition) is 4. The standard InChI is InChI=1S/C13H21O4P.2C3H7.Ni/c1-3-13(15-11-14-2)10-17-18-16-9-12-7-5-4-6-8-12;2*1-3-2;/h4-8,13,18H,3,9-11H2,1-2H3;2*1,3H2,2H3;/q;2*-1;+2. The van der Waals surface area contributed by atoms with Crippen LogP contribution in [0.4, 0.5) is 0 Å². The zero-order valence-corrected chi connectivity index (χ0v) is 18.1. The molecule has 4 nitrogen and oxygen atoms in total. The van der Waals surface area contributed by atoms with Crippen LogP contribution in [0.2, 0.25) is 0 Å². The van der Waals surface area contributed by atoms with Crippen molar-refractivity contribution < 1.29 is 35.0 Å². The summed E-state index contributed by atoms with van der Waals surface area (Å²) in [6.07, 6.45) is 2.96. The maximum Gasteiger partial charge on any atom is 2.00 e. The second-order valence-corrected chi connectivity index (χ2v) is 5.52. The van der Waals surface area contributed by atoms with E-state index in [0.717, 1.165) is 24.8 Å². The summed E-state index contributed by atoms with van der Waals surface area (Å²) in [7, 11) is 1.65. The summed E-state index contributed by atoms with van der Waals surface area (Å²) < 4.78 is 21.1. The molecule has 0 amide bonds. The van der Waals surface area contributed by atoms with Crippen LogP contribution in [0.3, 0.4) is 0 Å². The molecule has 25 heavy (non-hydrogen) atoms. The van der Waals surface area contributed by atoms with E-state index >= 15 is 0 Å². The predicted molar refractivity (Wildman–Crippen MR) is 104 cm³/mol. The summed E-state index contributed by atoms with van der Waals surface area (Å²) >= 11 is 0. The smallest absolute Gasteiger partial charge is 0.359 e. The fourth-order valence-electron chi connectivity index (χ4n) is 1.30. The molecule has 2 unspecified atom stereocenters. The third-order valence-electron chi connectivity index (χ3n) is 2.35. The molecule has 0 aliphatic carbocycles. The van der Waals surface area contributed by atoms with E-state index in [1.165, 1.54) is 0 Å². The summed E-state index contributed by atoms with van der Waals surface area (Å²) in [5, 5.41) is 0. The SMILES string of the molecule is CCC(COPOCc1ccccc1)OCOC.[CH2-]CC.[CH2-]CC.[Ni+2]. The summed E-state index contributed by atoms with van der Waals surface area (Å²) in [6, 6.07) is 10.0. The van der Waals surface area contributed by atoms with Crippen LogP contribution in [0.15, 0.2) is 30.3 Å². The van der Waals surface area contributed by atoms with Crippen molar-refractivity contribution >= 4 is 9.03 Å². The zero-order valence-electron chi connectivity index (χ0n) is 16.1. The molecule has 150 valence electrons. The molecule has 0 N–H and O–H groups in total. The van der Waals surface area contributed by atoms with E-state index in [2.05, 4.69) is 20.8 Å². The molecule has 0 aliphatic rings. The first kappa shape index (κ1) is 29.7. The van der Waals surface area contributed by atoms with Crippen LogP contribution in [0.1, 0.15) is 45.6 Å². The Balaban J connectivity index is -0.000000606. The number of rotatable bonds is 10. The Morgan fingerprint density at radius 2 is 1.56 bits per heavy atom. The van der Waals surface area contributed by atoms with E-state index in [0.29, 0.717) is 20.0 Å². The second-order valence-electron chi connectivity index (χ2n) is 4.77. The van der Waals surface area contributed by atoms with E-state index in [-0.39, 0.29) is 31.6 Å². The van der Waals surface area contributed by atoms with Gasteiger partial charge in [-0.3, -0.25) is 0 Å². The first-order valence-electron chi connectivity index (χ1n) is 8.41. The third-order valence-corrected chi connectivity index (χ3v) is 2.89. The number of benzene rings is 1. The van der Waals surface area contributed by atoms with Crippen molar-refractivity contribution in [3.8, 4) is 0 Å². The van der Waals surface area contributed by atoms with Crippen molar-refractivity contribution in [1.29, 1.82) is 0 Å². The van der Waals surface area contributed by atoms with Gasteiger partial charge in [0.1, 0.15) is 6.79 Å². The first-order chi connectivity index (χ1) is 11.7. The van der Waals surface area contributed by atoms with Crippen LogP contribution in [-0.2, 0) is 41.6 Å². The molecular formula is C19H35NiO4P. The topological polar surface area (TPSA) is 36.9 Å². The molecule has 2 atom stereocenters. The van der Waals surface area contributed by atoms with Crippen molar-refractivity contribution in [2.24, 2.45) is 0 Å². The van der Waals surface area contributed by atoms with Gasteiger partial charge in [0.15, 0.2) is 9.03 Å². The van der Waals surface area contributed by atoms with E-state index in [9.17, 15) is 0 Å². The molecule has 6 heteroatoms. The van der Waals surface area contributed by atoms with Crippen molar-refractivity contribution in [2.45, 2.75) is 52.7 Å². The van der Waals surface area contributed by atoms with Gasteiger partial charge in [0.25, 0.3) is 0 Å². The van der Waals surface area contributed by atoms with Gasteiger partial charge in [-0.2, -0.15) is 12.8 Å². The molecule has 0 bridgehead atoms. The van der Waals surface area contributed by atoms with Gasteiger partial charge in [0.05, 0.1) is 19.3 Å². The van der Waals surface area contributed by atoms with Crippen molar-refractivity contribution in [3.05, 3.63) is 49.7 Å². The third kappa shape index (κ3) is 24.0. The van der Waals surface area contributed by atoms with E-state index in [4.69, 9.17) is 18.5 Å². The van der Waals surface area contributed by atoms with Crippen LogP contribution in [0.25, 0.3) is 0 Å². The molecular weight excluding hydrogens is 382 g/mol. The molecule has 1 aromatic carbocycles. The van der Waals surface area contributed by atoms with E-state index in [1.54, 1.807) is 7.11 Å². The minimum atomic E-state index is 0. The minimum absolute atomic E-state index is 0. The average Bonchev–Trinajstić information content (AvgIpc) is 2.60. The van der Waals surface area contributed by atoms with Crippen LogP contribution in [0.5, 0.6) is 0 Å². The van der Waals surface area contributed by atoms with E-state index < -0.39 is 0 Å². The van der Waals surface area contributed by atoms with Crippen LogP contribution in [-0.4, -0.2) is 26.6 Å². The Hall–Kier alpha value is -0.0165. The first-order valence-corrected chi connectivity index (χ1v) is 9.23. The molecule has 1 aromatic rings. The van der Waals surface area contributed by atoms with Gasteiger partial charge in [0, 0.05) is 7.11 Å². The van der Waals surface area contributed by atoms with Gasteiger partial charge in [0.2, 0.25) is 0 Å². The quantitative estimate of drug-likeness (QED) is 0.164. The fraction of sp³-hybridized carbons (Fsp3) is 0.579. The Morgan fingerprint density at radius 1 is 1.00 bits per heavy atom. The van der Waals surface area contributed by atoms with Crippen molar-refractivity contribution in [1.82, 2.24) is 0 Å². The Kier molecular flexibility index (Phi) is 31.2. The molecule has 0 saturated carbocycles. The normalized spacial score (nSPS) is 11.0. The average molecular weight is 417 g/mol. The van der Waals surface area contributed by atoms with Crippen molar-refractivity contribution in [3.63, 3.8) is 0 Å². The van der Waals surface area contributed by atoms with Gasteiger partial charge in [-0.25, -0.2) is 0 Å². The van der Waals surface area contributed by atoms with Gasteiger partial charge < -0.3 is 32.4 Å². The number of methoxy groups -OCH3 is 1. The Labute approximate surface area is 167 Å². The fourth-order valence-corrected chi connectivity index (χ4v) is 1.87. The maximum atomic E-state index is 5.44. The molecule has 0 aliphatic heterocycles. The molecule has 0 spiro atoms. The Bertz CT molecular complexity index is 326. The minimum Gasteiger partial charge on any atom is -0.359 e. The predicted octanol–water partition coefficient (Wildman–Crippen LogP) is 5.59. The summed E-state index contributed by atoms with van der Waals surface area (Å²) in [6.45, 7) is 14.5. The van der Waals surface area contributed by atoms with Gasteiger partial charge in [-0.05, 0) is 12.0 Å². The summed E-state index contributed by atoms with van der Waals surface area (Å²) in [5.74, 6) is 0. The van der Waals surface area contributed by atoms with Crippen molar-refractivity contribution in [2.75, 3.05) is 20.5 Å². The van der Waals surface area contributed by atoms with Gasteiger partial charge in [-0.15, -0.1) is 0 Å². The Morgan fingerprint density at radius 3 is 2.04 bits per heavy atom. The van der Waals surface area contributed by atoms with Crippen LogP contribution >= 0.6 is 9.03 Å². The van der Waals surface area contributed by atoms with Gasteiger partial charge in [-0.1, -0.05) is 51.1 Å². The maximum absolute atomic E-state index is 5.44. The number of hydrogen-bond donors (Lipinski definition) is 0. The van der Waals surface area contributed by atoms with Crippen LogP contribution < -0.4 is 0 Å². The molecule has 0 fully saturated rings. The molecule has 0 aromatic heterocycles. The van der Waals surface area contributed by atoms with E-state index in [1.807, 2.05) is 44.2 Å². The molecule has 0 heterocycles. The van der Waals surface area contributed by atoms with Gasteiger partial charge >= 0.3 is 16.5 Å². The molecule has 0 saturated heterocycles. The largest absolute Gasteiger partial charge is 2.00 e. The summed E-state index contributed by atoms with van der Waals surface area (Å²) in [5.41, 5.74) is 1.15. The molecule has 1 rings (SSSR count).